The summed E-state index contributed by atoms with van der Waals surface area (Å²) in [5.41, 5.74) is 14.3. The van der Waals surface area contributed by atoms with E-state index in [1.807, 2.05) is 18.3 Å². The van der Waals surface area contributed by atoms with Crippen molar-refractivity contribution in [1.29, 1.82) is 0 Å². The summed E-state index contributed by atoms with van der Waals surface area (Å²) in [6.45, 7) is 18.0. The molecule has 1 aliphatic heterocycles. The van der Waals surface area contributed by atoms with E-state index in [1.54, 1.807) is 0 Å². The van der Waals surface area contributed by atoms with Crippen LogP contribution in [0.5, 0.6) is 5.75 Å². The molecule has 55 heavy (non-hydrogen) atoms. The summed E-state index contributed by atoms with van der Waals surface area (Å²) in [5.74, 6) is 0.262. The first-order chi connectivity index (χ1) is 25.7. The number of phenols is 1. The molecule has 0 radical (unpaired) electrons. The molecule has 0 unspecified atom stereocenters. The van der Waals surface area contributed by atoms with Crippen LogP contribution in [0.25, 0.3) is 88.6 Å². The fourth-order valence-corrected chi connectivity index (χ4v) is 11.2. The van der Waals surface area contributed by atoms with Crippen LogP contribution in [0, 0.1) is 6.07 Å². The standard InChI is InChI=1S/C48H42N3O2Si.Pt/c1-47(2,3)31-22-29(21-30(23-31)34-24-28(19-20-49-34)27-13-10-9-11-14-27)32-15-12-16-35-44(32)50-46-43-42-38(25-33(45(43)52)48(4,5)6)53-37-17-18-39-40(41(37)42)36(51(35)46)26-54(39,7)8;/h9-20,22-26,52H,1-8H3;/q-1;. The van der Waals surface area contributed by atoms with E-state index in [0.717, 1.165) is 88.4 Å². The molecule has 0 aliphatic carbocycles. The van der Waals surface area contributed by atoms with Gasteiger partial charge < -0.3 is 9.52 Å². The fourth-order valence-electron chi connectivity index (χ4n) is 8.67. The van der Waals surface area contributed by atoms with Gasteiger partial charge in [-0.2, -0.15) is 0 Å². The van der Waals surface area contributed by atoms with E-state index in [4.69, 9.17) is 14.4 Å². The number of benzene rings is 5. The Bertz CT molecular complexity index is 3110. The molecule has 0 fully saturated rings. The van der Waals surface area contributed by atoms with Gasteiger partial charge in [-0.25, -0.2) is 4.98 Å². The van der Waals surface area contributed by atoms with E-state index < -0.39 is 8.07 Å². The number of imidazole rings is 1. The van der Waals surface area contributed by atoms with E-state index in [0.29, 0.717) is 0 Å². The van der Waals surface area contributed by atoms with Gasteiger partial charge in [0.25, 0.3) is 0 Å². The Hall–Kier alpha value is -5.03. The van der Waals surface area contributed by atoms with Crippen molar-refractivity contribution in [2.45, 2.75) is 65.5 Å². The van der Waals surface area contributed by atoms with Crippen molar-refractivity contribution in [1.82, 2.24) is 14.4 Å². The number of furan rings is 1. The zero-order valence-corrected chi connectivity index (χ0v) is 35.6. The first-order valence-corrected chi connectivity index (χ1v) is 21.9. The van der Waals surface area contributed by atoms with Gasteiger partial charge in [-0.05, 0) is 51.4 Å². The monoisotopic (exact) mass is 915 g/mol. The van der Waals surface area contributed by atoms with Crippen molar-refractivity contribution in [3.63, 3.8) is 0 Å². The van der Waals surface area contributed by atoms with Crippen molar-refractivity contribution in [2.24, 2.45) is 0 Å². The molecule has 0 atom stereocenters. The molecule has 0 saturated heterocycles. The molecule has 0 amide bonds. The predicted molar refractivity (Wildman–Crippen MR) is 226 cm³/mol. The number of nitrogens with zero attached hydrogens (tertiary/aromatic N) is 3. The second-order valence-electron chi connectivity index (χ2n) is 17.7. The minimum atomic E-state index is -1.99. The van der Waals surface area contributed by atoms with Crippen LogP contribution >= 0.6 is 0 Å². The van der Waals surface area contributed by atoms with Crippen LogP contribution in [-0.4, -0.2) is 27.5 Å². The van der Waals surface area contributed by atoms with Crippen molar-refractivity contribution in [2.75, 3.05) is 0 Å². The van der Waals surface area contributed by atoms with Crippen LogP contribution < -0.4 is 10.5 Å². The summed E-state index contributed by atoms with van der Waals surface area (Å²) in [5, 5.41) is 18.8. The van der Waals surface area contributed by atoms with Crippen molar-refractivity contribution < 1.29 is 30.6 Å². The molecule has 1 N–H and O–H groups in total. The third kappa shape index (κ3) is 5.28. The Balaban J connectivity index is 0.00000397. The third-order valence-corrected chi connectivity index (χ3v) is 14.3. The second-order valence-corrected chi connectivity index (χ2v) is 21.9. The van der Waals surface area contributed by atoms with Gasteiger partial charge in [0.15, 0.2) is 0 Å². The number of fused-ring (bicyclic) bond motifs is 5. The summed E-state index contributed by atoms with van der Waals surface area (Å²) >= 11 is 0. The fraction of sp³-hybridized carbons (Fsp3) is 0.208. The predicted octanol–water partition coefficient (Wildman–Crippen LogP) is 11.0. The molecule has 0 saturated carbocycles. The molecule has 0 spiro atoms. The van der Waals surface area contributed by atoms with E-state index in [9.17, 15) is 5.11 Å². The third-order valence-electron chi connectivity index (χ3n) is 11.5. The van der Waals surface area contributed by atoms with E-state index in [-0.39, 0.29) is 37.6 Å². The quantitative estimate of drug-likeness (QED) is 0.142. The minimum absolute atomic E-state index is 0. The molecule has 1 aliphatic rings. The molecule has 4 aromatic heterocycles. The SMILES string of the molecule is CC(C)(C)c1cc(-c2cc(-c3ccccc3)ccn2)[c-]c(-c2cccc3c2nc2c4c(O)c(C(C)(C)C)cc5oc6ccc7c(c(n32)=C[Si]7(C)C)c6c54)c1.[Pt]. The molecule has 5 nitrogen and oxygen atoms in total. The van der Waals surface area contributed by atoms with Gasteiger partial charge in [0, 0.05) is 60.0 Å². The molecule has 5 heterocycles. The van der Waals surface area contributed by atoms with Crippen LogP contribution in [0.3, 0.4) is 0 Å². The Morgan fingerprint density at radius 2 is 1.47 bits per heavy atom. The van der Waals surface area contributed by atoms with Gasteiger partial charge in [-0.3, -0.25) is 9.38 Å². The Morgan fingerprint density at radius 3 is 2.22 bits per heavy atom. The average molecular weight is 916 g/mol. The number of para-hydroxylation sites is 1. The van der Waals surface area contributed by atoms with Gasteiger partial charge in [0.2, 0.25) is 0 Å². The smallest absolute Gasteiger partial charge is 0.149 e. The van der Waals surface area contributed by atoms with Crippen LogP contribution in [0.4, 0.5) is 0 Å². The average Bonchev–Trinajstić information content (AvgIpc) is 3.76. The molecule has 9 aromatic rings. The molecule has 5 aromatic carbocycles. The zero-order valence-electron chi connectivity index (χ0n) is 32.3. The molecule has 7 heteroatoms. The Labute approximate surface area is 336 Å². The summed E-state index contributed by atoms with van der Waals surface area (Å²) in [6.07, 6.45) is 1.89. The van der Waals surface area contributed by atoms with Crippen molar-refractivity contribution >= 4 is 68.4 Å². The van der Waals surface area contributed by atoms with Crippen LogP contribution in [-0.2, 0) is 31.9 Å². The molecular weight excluding hydrogens is 874 g/mol. The molecule has 0 bridgehead atoms. The van der Waals surface area contributed by atoms with Crippen LogP contribution in [0.1, 0.15) is 52.7 Å². The van der Waals surface area contributed by atoms with E-state index in [2.05, 4.69) is 150 Å². The minimum Gasteiger partial charge on any atom is -0.507 e. The van der Waals surface area contributed by atoms with Crippen molar-refractivity contribution in [3.8, 4) is 39.3 Å². The Morgan fingerprint density at radius 1 is 0.727 bits per heavy atom. The van der Waals surface area contributed by atoms with Gasteiger partial charge in [0.1, 0.15) is 30.6 Å². The molecular formula is C48H42N3O2PtSi-. The number of hydrogen-bond acceptors (Lipinski definition) is 4. The summed E-state index contributed by atoms with van der Waals surface area (Å²) in [6, 6.07) is 35.8. The number of aromatic nitrogens is 3. The maximum absolute atomic E-state index is 12.4. The number of rotatable bonds is 3. The topological polar surface area (TPSA) is 63.6 Å². The number of aromatic hydroxyl groups is 1. The molecule has 276 valence electrons. The maximum atomic E-state index is 12.4. The summed E-state index contributed by atoms with van der Waals surface area (Å²) in [7, 11) is -1.99. The zero-order chi connectivity index (χ0) is 37.5. The maximum Gasteiger partial charge on any atom is 0.149 e. The molecule has 10 rings (SSSR count). The number of phenolic OH excluding ortho intramolecular Hbond substituents is 1. The van der Waals surface area contributed by atoms with Gasteiger partial charge in [-0.15, -0.1) is 29.3 Å². The largest absolute Gasteiger partial charge is 0.507 e. The van der Waals surface area contributed by atoms with Gasteiger partial charge in [0.05, 0.1) is 16.4 Å². The Kier molecular flexibility index (Phi) is 7.77. The van der Waals surface area contributed by atoms with Crippen molar-refractivity contribution in [3.05, 3.63) is 120 Å². The van der Waals surface area contributed by atoms with Gasteiger partial charge >= 0.3 is 0 Å². The first kappa shape index (κ1) is 35.7. The van der Waals surface area contributed by atoms with Crippen LogP contribution in [0.2, 0.25) is 13.1 Å². The second kappa shape index (κ2) is 12.0. The van der Waals surface area contributed by atoms with Gasteiger partial charge in [-0.1, -0.05) is 126 Å². The normalized spacial score (nSPS) is 14.0. The van der Waals surface area contributed by atoms with Crippen LogP contribution in [0.15, 0.2) is 102 Å². The van der Waals surface area contributed by atoms with E-state index >= 15 is 0 Å². The number of pyridine rings is 1. The summed E-state index contributed by atoms with van der Waals surface area (Å²) < 4.78 is 8.97. The number of hydrogen-bond donors (Lipinski definition) is 1. The van der Waals surface area contributed by atoms with E-state index in [1.165, 1.54) is 16.1 Å². The first-order valence-electron chi connectivity index (χ1n) is 18.8. The summed E-state index contributed by atoms with van der Waals surface area (Å²) in [4.78, 5) is 10.4.